The van der Waals surface area contributed by atoms with Gasteiger partial charge in [-0.15, -0.1) is 0 Å². The van der Waals surface area contributed by atoms with E-state index in [-0.39, 0.29) is 5.91 Å². The van der Waals surface area contributed by atoms with Gasteiger partial charge in [-0.3, -0.25) is 4.79 Å². The molecule has 1 rings (SSSR count). The van der Waals surface area contributed by atoms with E-state index in [9.17, 15) is 4.79 Å². The predicted molar refractivity (Wildman–Crippen MR) is 62.3 cm³/mol. The Morgan fingerprint density at radius 2 is 2.19 bits per heavy atom. The summed E-state index contributed by atoms with van der Waals surface area (Å²) in [5.41, 5.74) is 1.77. The Labute approximate surface area is 95.6 Å². The molecule has 1 N–H and O–H groups in total. The van der Waals surface area contributed by atoms with Gasteiger partial charge in [0.15, 0.2) is 0 Å². The third-order valence-corrected chi connectivity index (χ3v) is 2.23. The van der Waals surface area contributed by atoms with Gasteiger partial charge in [0.25, 0.3) is 5.91 Å². The minimum atomic E-state index is -0.453. The minimum absolute atomic E-state index is 0.155. The van der Waals surface area contributed by atoms with E-state index in [0.717, 1.165) is 11.3 Å². The van der Waals surface area contributed by atoms with Crippen LogP contribution >= 0.6 is 0 Å². The fourth-order valence-electron chi connectivity index (χ4n) is 1.26. The summed E-state index contributed by atoms with van der Waals surface area (Å²) in [6.45, 7) is 2.23. The molecule has 0 bridgehead atoms. The summed E-state index contributed by atoms with van der Waals surface area (Å²) >= 11 is 0. The van der Waals surface area contributed by atoms with Gasteiger partial charge in [-0.2, -0.15) is 0 Å². The summed E-state index contributed by atoms with van der Waals surface area (Å²) in [5.74, 6) is -0.155. The molecule has 0 aromatic heterocycles. The van der Waals surface area contributed by atoms with E-state index in [1.54, 1.807) is 14.0 Å². The number of benzene rings is 1. The van der Waals surface area contributed by atoms with Gasteiger partial charge in [0.1, 0.15) is 6.10 Å². The van der Waals surface area contributed by atoms with E-state index in [0.29, 0.717) is 6.61 Å². The van der Waals surface area contributed by atoms with Gasteiger partial charge in [-0.1, -0.05) is 12.1 Å². The lowest BCUT2D eigenvalue weighted by atomic mass is 10.2. The first-order chi connectivity index (χ1) is 7.67. The van der Waals surface area contributed by atoms with Crippen molar-refractivity contribution < 1.29 is 14.3 Å². The normalized spacial score (nSPS) is 12.2. The number of hydrogen-bond donors (Lipinski definition) is 1. The van der Waals surface area contributed by atoms with Crippen LogP contribution in [0.5, 0.6) is 0 Å². The van der Waals surface area contributed by atoms with Crippen LogP contribution in [-0.4, -0.2) is 26.2 Å². The lowest BCUT2D eigenvalue weighted by molar-refractivity contribution is -0.124. The molecular formula is C12H17NO3. The predicted octanol–water partition coefficient (Wildman–Crippen LogP) is 1.81. The number of rotatable bonds is 5. The highest BCUT2D eigenvalue weighted by Gasteiger charge is 2.11. The van der Waals surface area contributed by atoms with Crippen molar-refractivity contribution in [3.05, 3.63) is 29.8 Å². The average molecular weight is 223 g/mol. The zero-order valence-corrected chi connectivity index (χ0v) is 9.82. The second-order valence-corrected chi connectivity index (χ2v) is 3.50. The van der Waals surface area contributed by atoms with Gasteiger partial charge >= 0.3 is 0 Å². The fourth-order valence-corrected chi connectivity index (χ4v) is 1.26. The van der Waals surface area contributed by atoms with Crippen molar-refractivity contribution in [2.75, 3.05) is 19.5 Å². The van der Waals surface area contributed by atoms with E-state index in [2.05, 4.69) is 5.32 Å². The molecule has 0 aliphatic rings. The van der Waals surface area contributed by atoms with Gasteiger partial charge in [0.05, 0.1) is 6.61 Å². The van der Waals surface area contributed by atoms with Crippen LogP contribution < -0.4 is 5.32 Å². The van der Waals surface area contributed by atoms with E-state index >= 15 is 0 Å². The smallest absolute Gasteiger partial charge is 0.253 e. The number of ether oxygens (including phenoxy) is 2. The number of amides is 1. The second-order valence-electron chi connectivity index (χ2n) is 3.50. The molecule has 1 aromatic carbocycles. The van der Waals surface area contributed by atoms with E-state index in [1.165, 1.54) is 7.11 Å². The molecular weight excluding hydrogens is 206 g/mol. The van der Waals surface area contributed by atoms with E-state index in [4.69, 9.17) is 9.47 Å². The highest BCUT2D eigenvalue weighted by Crippen LogP contribution is 2.11. The molecule has 0 saturated heterocycles. The lowest BCUT2D eigenvalue weighted by Gasteiger charge is -2.11. The first kappa shape index (κ1) is 12.7. The third kappa shape index (κ3) is 3.64. The number of methoxy groups -OCH3 is 2. The quantitative estimate of drug-likeness (QED) is 0.828. The molecule has 1 atom stereocenters. The Hall–Kier alpha value is -1.39. The van der Waals surface area contributed by atoms with Crippen LogP contribution in [0.4, 0.5) is 5.69 Å². The maximum atomic E-state index is 11.5. The van der Waals surface area contributed by atoms with E-state index < -0.39 is 6.10 Å². The lowest BCUT2D eigenvalue weighted by Crippen LogP contribution is -2.26. The van der Waals surface area contributed by atoms with Crippen molar-refractivity contribution in [1.82, 2.24) is 0 Å². The van der Waals surface area contributed by atoms with Crippen molar-refractivity contribution in [1.29, 1.82) is 0 Å². The van der Waals surface area contributed by atoms with Gasteiger partial charge in [-0.25, -0.2) is 0 Å². The first-order valence-corrected chi connectivity index (χ1v) is 5.09. The molecule has 0 heterocycles. The van der Waals surface area contributed by atoms with Crippen LogP contribution in [0.3, 0.4) is 0 Å². The number of carbonyl (C=O) groups is 1. The van der Waals surface area contributed by atoms with Crippen LogP contribution in [0.15, 0.2) is 24.3 Å². The molecule has 0 spiro atoms. The highest BCUT2D eigenvalue weighted by atomic mass is 16.5. The number of nitrogens with one attached hydrogen (secondary N) is 1. The summed E-state index contributed by atoms with van der Waals surface area (Å²) in [4.78, 5) is 11.5. The topological polar surface area (TPSA) is 47.6 Å². The zero-order chi connectivity index (χ0) is 12.0. The zero-order valence-electron chi connectivity index (χ0n) is 9.82. The summed E-state index contributed by atoms with van der Waals surface area (Å²) < 4.78 is 9.94. The van der Waals surface area contributed by atoms with Crippen LogP contribution in [-0.2, 0) is 20.9 Å². The maximum absolute atomic E-state index is 11.5. The molecule has 88 valence electrons. The number of carbonyl (C=O) groups excluding carboxylic acids is 1. The minimum Gasteiger partial charge on any atom is -0.380 e. The third-order valence-electron chi connectivity index (χ3n) is 2.23. The Morgan fingerprint density at radius 1 is 1.44 bits per heavy atom. The Kier molecular flexibility index (Phi) is 4.95. The molecule has 0 fully saturated rings. The number of anilines is 1. The molecule has 0 aliphatic carbocycles. The van der Waals surface area contributed by atoms with E-state index in [1.807, 2.05) is 24.3 Å². The van der Waals surface area contributed by atoms with Crippen LogP contribution in [0, 0.1) is 0 Å². The first-order valence-electron chi connectivity index (χ1n) is 5.09. The average Bonchev–Trinajstić information content (AvgIpc) is 2.29. The summed E-state index contributed by atoms with van der Waals surface area (Å²) in [6, 6.07) is 7.53. The molecule has 0 radical (unpaired) electrons. The summed E-state index contributed by atoms with van der Waals surface area (Å²) in [6.07, 6.45) is -0.453. The van der Waals surface area contributed by atoms with Crippen molar-refractivity contribution >= 4 is 11.6 Å². The molecule has 0 aliphatic heterocycles. The summed E-state index contributed by atoms with van der Waals surface area (Å²) in [7, 11) is 3.14. The van der Waals surface area contributed by atoms with Crippen molar-refractivity contribution in [2.45, 2.75) is 19.6 Å². The molecule has 1 unspecified atom stereocenters. The van der Waals surface area contributed by atoms with Crippen LogP contribution in [0.25, 0.3) is 0 Å². The maximum Gasteiger partial charge on any atom is 0.253 e. The molecule has 1 amide bonds. The van der Waals surface area contributed by atoms with Crippen molar-refractivity contribution in [2.24, 2.45) is 0 Å². The van der Waals surface area contributed by atoms with Crippen LogP contribution in [0.1, 0.15) is 12.5 Å². The monoisotopic (exact) mass is 223 g/mol. The Balaban J connectivity index is 2.66. The molecule has 4 nitrogen and oxygen atoms in total. The van der Waals surface area contributed by atoms with Crippen LogP contribution in [0.2, 0.25) is 0 Å². The SMILES string of the molecule is COCc1cccc(NC(=O)C(C)OC)c1. The standard InChI is InChI=1S/C12H17NO3/c1-9(16-3)12(14)13-11-6-4-5-10(7-11)8-15-2/h4-7,9H,8H2,1-3H3,(H,13,14). The van der Waals surface area contributed by atoms with Gasteiger partial charge in [0, 0.05) is 19.9 Å². The van der Waals surface area contributed by atoms with Gasteiger partial charge in [-0.05, 0) is 24.6 Å². The molecule has 1 aromatic rings. The summed E-state index contributed by atoms with van der Waals surface area (Å²) in [5, 5.41) is 2.77. The van der Waals surface area contributed by atoms with Crippen molar-refractivity contribution in [3.63, 3.8) is 0 Å². The van der Waals surface area contributed by atoms with Crippen molar-refractivity contribution in [3.8, 4) is 0 Å². The van der Waals surface area contributed by atoms with Gasteiger partial charge < -0.3 is 14.8 Å². The second kappa shape index (κ2) is 6.25. The Bertz CT molecular complexity index is 352. The molecule has 0 saturated carbocycles. The molecule has 4 heteroatoms. The highest BCUT2D eigenvalue weighted by molar-refractivity contribution is 5.93. The number of hydrogen-bond acceptors (Lipinski definition) is 3. The van der Waals surface area contributed by atoms with Gasteiger partial charge in [0.2, 0.25) is 0 Å². The largest absolute Gasteiger partial charge is 0.380 e. The fraction of sp³-hybridized carbons (Fsp3) is 0.417. The molecule has 16 heavy (non-hydrogen) atoms. The Morgan fingerprint density at radius 3 is 2.81 bits per heavy atom.